The van der Waals surface area contributed by atoms with Crippen LogP contribution in [0.25, 0.3) is 0 Å². The van der Waals surface area contributed by atoms with Gasteiger partial charge in [0.1, 0.15) is 6.04 Å². The van der Waals surface area contributed by atoms with Crippen molar-refractivity contribution in [2.75, 3.05) is 26.2 Å². The van der Waals surface area contributed by atoms with Crippen molar-refractivity contribution in [1.29, 1.82) is 0 Å². The van der Waals surface area contributed by atoms with Crippen molar-refractivity contribution >= 4 is 11.9 Å². The number of carboxylic acids is 1. The summed E-state index contributed by atoms with van der Waals surface area (Å²) in [6.07, 6.45) is 16.6. The maximum atomic E-state index is 11.0. The molecule has 4 N–H and O–H groups in total. The molecule has 6 heteroatoms. The van der Waals surface area contributed by atoms with E-state index in [1.807, 2.05) is 0 Å². The molecule has 0 aliphatic heterocycles. The molecule has 6 nitrogen and oxygen atoms in total. The number of nitrogens with zero attached hydrogens (tertiary/aromatic N) is 1. The van der Waals surface area contributed by atoms with Gasteiger partial charge in [0.05, 0.1) is 6.42 Å². The zero-order valence-corrected chi connectivity index (χ0v) is 19.1. The number of aliphatic carboxylic acids is 1. The molecular weight excluding hydrogens is 366 g/mol. The molecule has 0 aromatic rings. The second-order valence-electron chi connectivity index (χ2n) is 8.14. The molecule has 0 aliphatic carbocycles. The molecule has 0 fully saturated rings. The number of carbonyl (C=O) groups is 2. The van der Waals surface area contributed by atoms with Crippen molar-refractivity contribution in [2.45, 2.75) is 110 Å². The Balaban J connectivity index is 3.29. The monoisotopic (exact) mass is 413 g/mol. The van der Waals surface area contributed by atoms with E-state index in [1.165, 1.54) is 90.3 Å². The molecule has 0 saturated heterocycles. The lowest BCUT2D eigenvalue weighted by Gasteiger charge is -2.17. The summed E-state index contributed by atoms with van der Waals surface area (Å²) >= 11 is 0. The molecule has 1 unspecified atom stereocenters. The number of carbonyl (C=O) groups excluding carboxylic acids is 1. The summed E-state index contributed by atoms with van der Waals surface area (Å²) < 4.78 is 0. The number of carboxylic acid groups (broad SMARTS) is 1. The summed E-state index contributed by atoms with van der Waals surface area (Å²) in [6, 6.07) is -0.852. The van der Waals surface area contributed by atoms with Crippen molar-refractivity contribution in [3.8, 4) is 0 Å². The van der Waals surface area contributed by atoms with Gasteiger partial charge >= 0.3 is 5.97 Å². The van der Waals surface area contributed by atoms with Crippen LogP contribution < -0.4 is 11.1 Å². The second kappa shape index (κ2) is 20.1. The number of rotatable bonds is 22. The number of hydrogen-bond donors (Lipinski definition) is 3. The van der Waals surface area contributed by atoms with Gasteiger partial charge in [-0.2, -0.15) is 0 Å². The second-order valence-corrected chi connectivity index (χ2v) is 8.14. The summed E-state index contributed by atoms with van der Waals surface area (Å²) in [4.78, 5) is 24.3. The summed E-state index contributed by atoms with van der Waals surface area (Å²) in [7, 11) is 0. The normalized spacial score (nSPS) is 12.4. The number of hydrogen-bond acceptors (Lipinski definition) is 4. The highest BCUT2D eigenvalue weighted by molar-refractivity contribution is 5.83. The van der Waals surface area contributed by atoms with E-state index in [0.29, 0.717) is 6.54 Å². The number of amides is 1. The van der Waals surface area contributed by atoms with Gasteiger partial charge < -0.3 is 21.1 Å². The van der Waals surface area contributed by atoms with E-state index in [1.54, 1.807) is 0 Å². The predicted octanol–water partition coefficient (Wildman–Crippen LogP) is 4.32. The van der Waals surface area contributed by atoms with Gasteiger partial charge in [-0.05, 0) is 39.0 Å². The molecule has 0 saturated carbocycles. The third-order valence-corrected chi connectivity index (χ3v) is 5.64. The van der Waals surface area contributed by atoms with Crippen LogP contribution in [0.3, 0.4) is 0 Å². The summed E-state index contributed by atoms with van der Waals surface area (Å²) in [5, 5.41) is 11.9. The van der Waals surface area contributed by atoms with Gasteiger partial charge in [-0.15, -0.1) is 0 Å². The van der Waals surface area contributed by atoms with E-state index in [2.05, 4.69) is 24.1 Å². The molecule has 0 rings (SSSR count). The molecule has 0 bridgehead atoms. The lowest BCUT2D eigenvalue weighted by molar-refractivity contribution is -0.141. The van der Waals surface area contributed by atoms with Crippen LogP contribution in [0.5, 0.6) is 0 Å². The van der Waals surface area contributed by atoms with Gasteiger partial charge in [-0.3, -0.25) is 9.59 Å². The summed E-state index contributed by atoms with van der Waals surface area (Å²) in [5.74, 6) is -1.59. The Hall–Kier alpha value is -1.14. The van der Waals surface area contributed by atoms with E-state index >= 15 is 0 Å². The molecule has 0 aromatic carbocycles. The van der Waals surface area contributed by atoms with Crippen LogP contribution in [-0.2, 0) is 9.59 Å². The predicted molar refractivity (Wildman–Crippen MR) is 121 cm³/mol. The number of nitrogens with one attached hydrogen (secondary N) is 1. The first-order valence-corrected chi connectivity index (χ1v) is 12.0. The molecule has 1 amide bonds. The van der Waals surface area contributed by atoms with Gasteiger partial charge in [0.25, 0.3) is 0 Å². The van der Waals surface area contributed by atoms with Gasteiger partial charge in [0.2, 0.25) is 5.91 Å². The third-order valence-electron chi connectivity index (χ3n) is 5.64. The fourth-order valence-corrected chi connectivity index (χ4v) is 3.67. The Labute approximate surface area is 179 Å². The fourth-order valence-electron chi connectivity index (χ4n) is 3.67. The minimum Gasteiger partial charge on any atom is -0.480 e. The van der Waals surface area contributed by atoms with Crippen molar-refractivity contribution in [3.63, 3.8) is 0 Å². The van der Waals surface area contributed by atoms with Crippen molar-refractivity contribution in [1.82, 2.24) is 10.2 Å². The van der Waals surface area contributed by atoms with Crippen molar-refractivity contribution in [2.24, 2.45) is 5.73 Å². The Morgan fingerprint density at radius 2 is 1.21 bits per heavy atom. The molecule has 172 valence electrons. The fraction of sp³-hybridized carbons (Fsp3) is 0.913. The summed E-state index contributed by atoms with van der Waals surface area (Å²) in [5.41, 5.74) is 5.06. The molecule has 29 heavy (non-hydrogen) atoms. The van der Waals surface area contributed by atoms with Gasteiger partial charge in [-0.1, -0.05) is 84.5 Å². The minimum absolute atomic E-state index is 0.147. The number of nitrogens with two attached hydrogens (primary N) is 1. The first kappa shape index (κ1) is 27.9. The van der Waals surface area contributed by atoms with Crippen LogP contribution >= 0.6 is 0 Å². The molecule has 1 atom stereocenters. The Morgan fingerprint density at radius 3 is 1.59 bits per heavy atom. The maximum Gasteiger partial charge on any atom is 0.321 e. The molecular formula is C23H47N3O3. The van der Waals surface area contributed by atoms with Gasteiger partial charge in [-0.25, -0.2) is 0 Å². The average Bonchev–Trinajstić information content (AvgIpc) is 2.69. The zero-order chi connectivity index (χ0) is 21.7. The quantitative estimate of drug-likeness (QED) is 0.230. The van der Waals surface area contributed by atoms with Crippen LogP contribution in [0.15, 0.2) is 0 Å². The van der Waals surface area contributed by atoms with Crippen LogP contribution in [0, 0.1) is 0 Å². The third kappa shape index (κ3) is 18.6. The van der Waals surface area contributed by atoms with Crippen LogP contribution in [-0.4, -0.2) is 54.1 Å². The van der Waals surface area contributed by atoms with Gasteiger partial charge in [0, 0.05) is 0 Å². The van der Waals surface area contributed by atoms with Crippen molar-refractivity contribution < 1.29 is 14.7 Å². The van der Waals surface area contributed by atoms with E-state index in [9.17, 15) is 9.59 Å². The minimum atomic E-state index is -1.01. The SMILES string of the molecule is CCN(CC)CCCCCCCCCCCCCCCNC(CC(N)=O)C(=O)O. The Morgan fingerprint density at radius 1 is 0.793 bits per heavy atom. The highest BCUT2D eigenvalue weighted by atomic mass is 16.4. The molecule has 0 spiro atoms. The highest BCUT2D eigenvalue weighted by Crippen LogP contribution is 2.12. The van der Waals surface area contributed by atoms with Crippen LogP contribution in [0.2, 0.25) is 0 Å². The Bertz CT molecular complexity index is 401. The molecule has 0 aliphatic rings. The van der Waals surface area contributed by atoms with Crippen LogP contribution in [0.1, 0.15) is 104 Å². The average molecular weight is 414 g/mol. The first-order valence-electron chi connectivity index (χ1n) is 12.0. The maximum absolute atomic E-state index is 11.0. The van der Waals surface area contributed by atoms with E-state index in [0.717, 1.165) is 12.8 Å². The number of primary amides is 1. The molecule has 0 radical (unpaired) electrons. The lowest BCUT2D eigenvalue weighted by atomic mass is 10.0. The Kier molecular flexibility index (Phi) is 19.4. The lowest BCUT2D eigenvalue weighted by Crippen LogP contribution is -2.40. The standard InChI is InChI=1S/C23H47N3O3/c1-3-26(4-2)19-17-15-13-11-9-7-5-6-8-10-12-14-16-18-25-21(23(28)29)20-22(24)27/h21,25H,3-20H2,1-2H3,(H2,24,27)(H,28,29). The highest BCUT2D eigenvalue weighted by Gasteiger charge is 2.18. The van der Waals surface area contributed by atoms with Crippen LogP contribution in [0.4, 0.5) is 0 Å². The van der Waals surface area contributed by atoms with Gasteiger partial charge in [0.15, 0.2) is 0 Å². The van der Waals surface area contributed by atoms with Crippen molar-refractivity contribution in [3.05, 3.63) is 0 Å². The largest absolute Gasteiger partial charge is 0.480 e. The molecule has 0 heterocycles. The van der Waals surface area contributed by atoms with E-state index < -0.39 is 17.9 Å². The number of unbranched alkanes of at least 4 members (excludes halogenated alkanes) is 12. The smallest absolute Gasteiger partial charge is 0.321 e. The zero-order valence-electron chi connectivity index (χ0n) is 19.1. The van der Waals surface area contributed by atoms with E-state index in [4.69, 9.17) is 10.8 Å². The van der Waals surface area contributed by atoms with E-state index in [-0.39, 0.29) is 6.42 Å². The summed E-state index contributed by atoms with van der Waals surface area (Å²) in [6.45, 7) is 8.72. The topological polar surface area (TPSA) is 95.7 Å². The first-order chi connectivity index (χ1) is 14.0. The molecule has 0 aromatic heterocycles.